The van der Waals surface area contributed by atoms with Crippen molar-refractivity contribution in [3.05, 3.63) is 87.9 Å². The number of nitrogens with zero attached hydrogens (tertiary/aromatic N) is 2. The standard InChI is InChI=1S/C28H31Cl2N3O5S/c1-5-38-24-12-10-23(11-13-24)33(39(36,37)25-14-6-19(2)7-15-25)18-27(34)32(20(3)28(35)31-4)17-21-8-9-22(29)16-26(21)30/h6-16,20H,5,17-18H2,1-4H3,(H,31,35)/t20-/m0/s1. The number of sulfonamides is 1. The van der Waals surface area contributed by atoms with E-state index in [-0.39, 0.29) is 17.1 Å². The highest BCUT2D eigenvalue weighted by Gasteiger charge is 2.32. The molecular weight excluding hydrogens is 561 g/mol. The van der Waals surface area contributed by atoms with Gasteiger partial charge in [-0.15, -0.1) is 0 Å². The Morgan fingerprint density at radius 3 is 2.21 bits per heavy atom. The van der Waals surface area contributed by atoms with Gasteiger partial charge in [0.1, 0.15) is 18.3 Å². The molecule has 0 unspecified atom stereocenters. The number of hydrogen-bond donors (Lipinski definition) is 1. The van der Waals surface area contributed by atoms with Crippen LogP contribution in [0.5, 0.6) is 5.75 Å². The normalized spacial score (nSPS) is 11.9. The quantitative estimate of drug-likeness (QED) is 0.336. The zero-order valence-corrected chi connectivity index (χ0v) is 24.5. The molecule has 1 atom stereocenters. The second kappa shape index (κ2) is 13.2. The Bertz CT molecular complexity index is 1410. The topological polar surface area (TPSA) is 96.0 Å². The Hall–Kier alpha value is -3.27. The Morgan fingerprint density at radius 2 is 1.64 bits per heavy atom. The third-order valence-corrected chi connectivity index (χ3v) is 8.47. The number of halogens is 2. The molecule has 3 rings (SSSR count). The molecule has 0 aliphatic carbocycles. The molecule has 0 saturated heterocycles. The molecule has 1 N–H and O–H groups in total. The summed E-state index contributed by atoms with van der Waals surface area (Å²) in [5, 5.41) is 3.28. The number of amides is 2. The van der Waals surface area contributed by atoms with Crippen molar-refractivity contribution < 1.29 is 22.7 Å². The van der Waals surface area contributed by atoms with Crippen LogP contribution >= 0.6 is 23.2 Å². The molecule has 0 aromatic heterocycles. The van der Waals surface area contributed by atoms with Crippen molar-refractivity contribution >= 4 is 50.7 Å². The smallest absolute Gasteiger partial charge is 0.264 e. The van der Waals surface area contributed by atoms with Crippen LogP contribution < -0.4 is 14.4 Å². The average Bonchev–Trinajstić information content (AvgIpc) is 2.91. The van der Waals surface area contributed by atoms with E-state index in [0.29, 0.717) is 28.0 Å². The van der Waals surface area contributed by atoms with Crippen LogP contribution in [0.4, 0.5) is 5.69 Å². The number of anilines is 1. The molecule has 0 radical (unpaired) electrons. The van der Waals surface area contributed by atoms with Gasteiger partial charge in [-0.25, -0.2) is 8.42 Å². The third-order valence-electron chi connectivity index (χ3n) is 6.09. The largest absolute Gasteiger partial charge is 0.494 e. The maximum atomic E-state index is 13.8. The lowest BCUT2D eigenvalue weighted by molar-refractivity contribution is -0.139. The summed E-state index contributed by atoms with van der Waals surface area (Å²) >= 11 is 12.4. The van der Waals surface area contributed by atoms with E-state index in [0.717, 1.165) is 9.87 Å². The second-order valence-corrected chi connectivity index (χ2v) is 11.5. The molecule has 0 aliphatic rings. The van der Waals surface area contributed by atoms with Gasteiger partial charge in [-0.2, -0.15) is 0 Å². The van der Waals surface area contributed by atoms with E-state index in [1.165, 1.54) is 24.1 Å². The van der Waals surface area contributed by atoms with Gasteiger partial charge in [0.05, 0.1) is 17.2 Å². The molecule has 3 aromatic rings. The fourth-order valence-corrected chi connectivity index (χ4v) is 5.75. The number of nitrogens with one attached hydrogen (secondary N) is 1. The maximum absolute atomic E-state index is 13.8. The Labute approximate surface area is 239 Å². The molecule has 3 aromatic carbocycles. The summed E-state index contributed by atoms with van der Waals surface area (Å²) in [6, 6.07) is 16.7. The maximum Gasteiger partial charge on any atom is 0.264 e. The number of carbonyl (C=O) groups excluding carboxylic acids is 2. The molecule has 0 saturated carbocycles. The number of rotatable bonds is 11. The van der Waals surface area contributed by atoms with Crippen LogP contribution in [0.25, 0.3) is 0 Å². The van der Waals surface area contributed by atoms with Crippen LogP contribution in [0.2, 0.25) is 10.0 Å². The van der Waals surface area contributed by atoms with Gasteiger partial charge < -0.3 is 15.0 Å². The SMILES string of the molecule is CCOc1ccc(N(CC(=O)N(Cc2ccc(Cl)cc2Cl)[C@@H](C)C(=O)NC)S(=O)(=O)c2ccc(C)cc2)cc1. The van der Waals surface area contributed by atoms with Gasteiger partial charge in [0, 0.05) is 23.6 Å². The van der Waals surface area contributed by atoms with Crippen molar-refractivity contribution in [1.82, 2.24) is 10.2 Å². The number of ether oxygens (including phenoxy) is 1. The summed E-state index contributed by atoms with van der Waals surface area (Å²) in [6.45, 7) is 5.11. The van der Waals surface area contributed by atoms with Crippen molar-refractivity contribution in [2.24, 2.45) is 0 Å². The lowest BCUT2D eigenvalue weighted by atomic mass is 10.1. The first-order valence-corrected chi connectivity index (χ1v) is 14.4. The predicted molar refractivity (Wildman–Crippen MR) is 154 cm³/mol. The molecule has 0 bridgehead atoms. The first-order chi connectivity index (χ1) is 18.5. The van der Waals surface area contributed by atoms with Crippen molar-refractivity contribution in [2.75, 3.05) is 24.5 Å². The van der Waals surface area contributed by atoms with E-state index in [1.807, 2.05) is 13.8 Å². The molecule has 208 valence electrons. The summed E-state index contributed by atoms with van der Waals surface area (Å²) < 4.78 is 34.2. The fourth-order valence-electron chi connectivity index (χ4n) is 3.87. The highest BCUT2D eigenvalue weighted by Crippen LogP contribution is 2.28. The predicted octanol–water partition coefficient (Wildman–Crippen LogP) is 5.06. The average molecular weight is 593 g/mol. The van der Waals surface area contributed by atoms with Crippen LogP contribution in [0, 0.1) is 6.92 Å². The summed E-state index contributed by atoms with van der Waals surface area (Å²) in [5.74, 6) is -0.448. The van der Waals surface area contributed by atoms with Gasteiger partial charge in [0.15, 0.2) is 0 Å². The van der Waals surface area contributed by atoms with Crippen LogP contribution in [-0.4, -0.2) is 51.4 Å². The number of benzene rings is 3. The van der Waals surface area contributed by atoms with Gasteiger partial charge in [0.25, 0.3) is 10.0 Å². The zero-order valence-electron chi connectivity index (χ0n) is 22.1. The van der Waals surface area contributed by atoms with Gasteiger partial charge in [-0.3, -0.25) is 13.9 Å². The number of hydrogen-bond acceptors (Lipinski definition) is 5. The van der Waals surface area contributed by atoms with Crippen LogP contribution in [0.3, 0.4) is 0 Å². The fraction of sp³-hybridized carbons (Fsp3) is 0.286. The van der Waals surface area contributed by atoms with Gasteiger partial charge in [-0.05, 0) is 74.9 Å². The summed E-state index contributed by atoms with van der Waals surface area (Å²) in [4.78, 5) is 27.7. The van der Waals surface area contributed by atoms with E-state index >= 15 is 0 Å². The highest BCUT2D eigenvalue weighted by atomic mass is 35.5. The summed E-state index contributed by atoms with van der Waals surface area (Å²) in [6.07, 6.45) is 0. The van der Waals surface area contributed by atoms with Crippen LogP contribution in [0.15, 0.2) is 71.6 Å². The molecule has 0 fully saturated rings. The van der Waals surface area contributed by atoms with Gasteiger partial charge in [-0.1, -0.05) is 47.0 Å². The minimum absolute atomic E-state index is 0.0291. The first kappa shape index (κ1) is 30.3. The first-order valence-electron chi connectivity index (χ1n) is 12.2. The Balaban J connectivity index is 2.04. The lowest BCUT2D eigenvalue weighted by Gasteiger charge is -2.32. The minimum Gasteiger partial charge on any atom is -0.494 e. The Morgan fingerprint density at radius 1 is 1.00 bits per heavy atom. The molecule has 0 aliphatic heterocycles. The van der Waals surface area contributed by atoms with Crippen LogP contribution in [-0.2, 0) is 26.2 Å². The van der Waals surface area contributed by atoms with Gasteiger partial charge >= 0.3 is 0 Å². The van der Waals surface area contributed by atoms with Crippen LogP contribution in [0.1, 0.15) is 25.0 Å². The number of aryl methyl sites for hydroxylation is 1. The molecule has 0 spiro atoms. The molecule has 2 amide bonds. The molecule has 11 heteroatoms. The minimum atomic E-state index is -4.16. The van der Waals surface area contributed by atoms with E-state index < -0.39 is 34.4 Å². The molecule has 39 heavy (non-hydrogen) atoms. The van der Waals surface area contributed by atoms with Crippen molar-refractivity contribution in [2.45, 2.75) is 38.3 Å². The molecule has 8 nitrogen and oxygen atoms in total. The van der Waals surface area contributed by atoms with Crippen molar-refractivity contribution in [3.8, 4) is 5.75 Å². The van der Waals surface area contributed by atoms with E-state index in [2.05, 4.69) is 5.32 Å². The lowest BCUT2D eigenvalue weighted by Crippen LogP contribution is -2.50. The van der Waals surface area contributed by atoms with Crippen molar-refractivity contribution in [3.63, 3.8) is 0 Å². The second-order valence-electron chi connectivity index (χ2n) is 8.80. The summed E-state index contributed by atoms with van der Waals surface area (Å²) in [5.41, 5.74) is 1.71. The zero-order chi connectivity index (χ0) is 28.7. The summed E-state index contributed by atoms with van der Waals surface area (Å²) in [7, 11) is -2.70. The van der Waals surface area contributed by atoms with E-state index in [9.17, 15) is 18.0 Å². The molecular formula is C28H31Cl2N3O5S. The van der Waals surface area contributed by atoms with E-state index in [1.54, 1.807) is 61.5 Å². The van der Waals surface area contributed by atoms with Crippen molar-refractivity contribution in [1.29, 1.82) is 0 Å². The molecule has 0 heterocycles. The van der Waals surface area contributed by atoms with E-state index in [4.69, 9.17) is 27.9 Å². The highest BCUT2D eigenvalue weighted by molar-refractivity contribution is 7.92. The third kappa shape index (κ3) is 7.44. The van der Waals surface area contributed by atoms with Gasteiger partial charge in [0.2, 0.25) is 11.8 Å². The Kier molecular flexibility index (Phi) is 10.2. The number of carbonyl (C=O) groups is 2. The number of likely N-dealkylation sites (N-methyl/N-ethyl adjacent to an activating group) is 1. The monoisotopic (exact) mass is 591 g/mol.